The summed E-state index contributed by atoms with van der Waals surface area (Å²) in [5.41, 5.74) is 2.26. The molecule has 1 aromatic heterocycles. The van der Waals surface area contributed by atoms with Crippen LogP contribution in [0.5, 0.6) is 0 Å². The summed E-state index contributed by atoms with van der Waals surface area (Å²) < 4.78 is 0. The maximum Gasteiger partial charge on any atom is 0.255 e. The van der Waals surface area contributed by atoms with Crippen LogP contribution in [0.15, 0.2) is 0 Å². The van der Waals surface area contributed by atoms with Crippen molar-refractivity contribution in [1.29, 1.82) is 0 Å². The first-order valence-corrected chi connectivity index (χ1v) is 6.52. The molecular weight excluding hydrogens is 228 g/mol. The normalized spacial score (nSPS) is 16.9. The van der Waals surface area contributed by atoms with Crippen LogP contribution in [0.2, 0.25) is 0 Å². The van der Waals surface area contributed by atoms with E-state index in [0.717, 1.165) is 11.4 Å². The lowest BCUT2D eigenvalue weighted by Gasteiger charge is -2.24. The van der Waals surface area contributed by atoms with Crippen LogP contribution in [-0.4, -0.2) is 46.7 Å². The third-order valence-corrected chi connectivity index (χ3v) is 3.73. The van der Waals surface area contributed by atoms with Crippen LogP contribution in [0.1, 0.15) is 41.5 Å². The Balaban J connectivity index is 1.88. The summed E-state index contributed by atoms with van der Waals surface area (Å²) in [5.74, 6) is -0.0326. The summed E-state index contributed by atoms with van der Waals surface area (Å²) in [4.78, 5) is 14.4. The summed E-state index contributed by atoms with van der Waals surface area (Å²) in [6, 6.07) is 1.09. The molecule has 1 heterocycles. The molecular formula is C13H22N4O. The molecule has 1 amide bonds. The molecule has 1 atom stereocenters. The van der Waals surface area contributed by atoms with Gasteiger partial charge in [-0.05, 0) is 40.7 Å². The van der Waals surface area contributed by atoms with Crippen LogP contribution in [0.4, 0.5) is 0 Å². The lowest BCUT2D eigenvalue weighted by Crippen LogP contribution is -2.41. The van der Waals surface area contributed by atoms with Gasteiger partial charge in [0.25, 0.3) is 5.91 Å². The minimum atomic E-state index is -0.0326. The van der Waals surface area contributed by atoms with Gasteiger partial charge in [-0.15, -0.1) is 0 Å². The monoisotopic (exact) mass is 250 g/mol. The Labute approximate surface area is 108 Å². The molecule has 0 spiro atoms. The van der Waals surface area contributed by atoms with E-state index in [1.165, 1.54) is 12.8 Å². The first-order valence-electron chi connectivity index (χ1n) is 6.52. The fourth-order valence-corrected chi connectivity index (χ4v) is 2.20. The van der Waals surface area contributed by atoms with Gasteiger partial charge >= 0.3 is 0 Å². The number of carbonyl (C=O) groups excluding carboxylic acids is 1. The van der Waals surface area contributed by atoms with E-state index in [1.807, 2.05) is 13.8 Å². The van der Waals surface area contributed by atoms with Crippen molar-refractivity contribution in [1.82, 2.24) is 20.4 Å². The Kier molecular flexibility index (Phi) is 3.71. The maximum absolute atomic E-state index is 12.1. The molecule has 0 aromatic carbocycles. The molecule has 2 rings (SSSR count). The van der Waals surface area contributed by atoms with Gasteiger partial charge in [0.2, 0.25) is 0 Å². The molecule has 1 aliphatic carbocycles. The molecule has 0 aliphatic heterocycles. The minimum absolute atomic E-state index is 0.0326. The SMILES string of the molecule is Cc1n[nH]c(C)c1C(=O)NCC(C)N(C)C1CC1. The highest BCUT2D eigenvalue weighted by atomic mass is 16.1. The van der Waals surface area contributed by atoms with Crippen molar-refractivity contribution in [3.63, 3.8) is 0 Å². The third-order valence-electron chi connectivity index (χ3n) is 3.73. The van der Waals surface area contributed by atoms with E-state index in [9.17, 15) is 4.79 Å². The van der Waals surface area contributed by atoms with Crippen LogP contribution in [0.3, 0.4) is 0 Å². The zero-order valence-electron chi connectivity index (χ0n) is 11.6. The Morgan fingerprint density at radius 3 is 2.72 bits per heavy atom. The van der Waals surface area contributed by atoms with Crippen LogP contribution in [-0.2, 0) is 0 Å². The third kappa shape index (κ3) is 2.72. The van der Waals surface area contributed by atoms with E-state index in [0.29, 0.717) is 24.2 Å². The molecule has 1 saturated carbocycles. The van der Waals surface area contributed by atoms with Gasteiger partial charge < -0.3 is 5.32 Å². The van der Waals surface area contributed by atoms with E-state index in [-0.39, 0.29) is 5.91 Å². The van der Waals surface area contributed by atoms with Crippen molar-refractivity contribution < 1.29 is 4.79 Å². The van der Waals surface area contributed by atoms with Crippen LogP contribution >= 0.6 is 0 Å². The first-order chi connectivity index (χ1) is 8.50. The smallest absolute Gasteiger partial charge is 0.255 e. The number of nitrogens with one attached hydrogen (secondary N) is 2. The summed E-state index contributed by atoms with van der Waals surface area (Å²) in [6.45, 7) is 6.54. The van der Waals surface area contributed by atoms with Crippen molar-refractivity contribution in [2.45, 2.75) is 45.7 Å². The highest BCUT2D eigenvalue weighted by Crippen LogP contribution is 2.26. The molecule has 0 radical (unpaired) electrons. The molecule has 1 aromatic rings. The standard InChI is InChI=1S/C13H22N4O/c1-8(17(4)11-5-6-11)7-14-13(18)12-9(2)15-16-10(12)3/h8,11H,5-7H2,1-4H3,(H,14,18)(H,15,16). The zero-order chi connectivity index (χ0) is 13.3. The number of hydrogen-bond acceptors (Lipinski definition) is 3. The molecule has 18 heavy (non-hydrogen) atoms. The van der Waals surface area contributed by atoms with E-state index in [2.05, 4.69) is 34.4 Å². The number of aryl methyl sites for hydroxylation is 2. The second-order valence-corrected chi connectivity index (χ2v) is 5.26. The molecule has 100 valence electrons. The maximum atomic E-state index is 12.1. The summed E-state index contributed by atoms with van der Waals surface area (Å²) in [5, 5.41) is 9.87. The average molecular weight is 250 g/mol. The first kappa shape index (κ1) is 13.1. The van der Waals surface area contributed by atoms with Crippen LogP contribution in [0, 0.1) is 13.8 Å². The topological polar surface area (TPSA) is 61.0 Å². The minimum Gasteiger partial charge on any atom is -0.350 e. The summed E-state index contributed by atoms with van der Waals surface area (Å²) >= 11 is 0. The van der Waals surface area contributed by atoms with Gasteiger partial charge in [-0.2, -0.15) is 5.10 Å². The molecule has 1 fully saturated rings. The summed E-state index contributed by atoms with van der Waals surface area (Å²) in [7, 11) is 2.13. The number of rotatable bonds is 5. The van der Waals surface area contributed by atoms with Crippen LogP contribution in [0.25, 0.3) is 0 Å². The van der Waals surface area contributed by atoms with Crippen molar-refractivity contribution in [3.8, 4) is 0 Å². The number of aromatic nitrogens is 2. The van der Waals surface area contributed by atoms with E-state index in [1.54, 1.807) is 0 Å². The predicted molar refractivity (Wildman–Crippen MR) is 70.6 cm³/mol. The molecule has 0 saturated heterocycles. The van der Waals surface area contributed by atoms with Crippen molar-refractivity contribution >= 4 is 5.91 Å². The highest BCUT2D eigenvalue weighted by Gasteiger charge is 2.29. The second kappa shape index (κ2) is 5.10. The number of nitrogens with zero attached hydrogens (tertiary/aromatic N) is 2. The fraction of sp³-hybridized carbons (Fsp3) is 0.692. The largest absolute Gasteiger partial charge is 0.350 e. The van der Waals surface area contributed by atoms with Gasteiger partial charge in [0.15, 0.2) is 0 Å². The predicted octanol–water partition coefficient (Wildman–Crippen LogP) is 1.24. The van der Waals surface area contributed by atoms with E-state index in [4.69, 9.17) is 0 Å². The van der Waals surface area contributed by atoms with E-state index < -0.39 is 0 Å². The lowest BCUT2D eigenvalue weighted by molar-refractivity contribution is 0.0938. The number of aromatic amines is 1. The van der Waals surface area contributed by atoms with Gasteiger partial charge in [-0.3, -0.25) is 14.8 Å². The number of likely N-dealkylation sites (N-methyl/N-ethyl adjacent to an activating group) is 1. The molecule has 5 nitrogen and oxygen atoms in total. The van der Waals surface area contributed by atoms with Gasteiger partial charge in [0.05, 0.1) is 11.3 Å². The Bertz CT molecular complexity index is 417. The zero-order valence-corrected chi connectivity index (χ0v) is 11.6. The Morgan fingerprint density at radius 1 is 1.56 bits per heavy atom. The van der Waals surface area contributed by atoms with Gasteiger partial charge in [0, 0.05) is 24.3 Å². The molecule has 2 N–H and O–H groups in total. The number of hydrogen-bond donors (Lipinski definition) is 2. The number of carbonyl (C=O) groups is 1. The van der Waals surface area contributed by atoms with Gasteiger partial charge in [-0.1, -0.05) is 0 Å². The lowest BCUT2D eigenvalue weighted by atomic mass is 10.2. The van der Waals surface area contributed by atoms with Crippen molar-refractivity contribution in [2.24, 2.45) is 0 Å². The number of H-pyrrole nitrogens is 1. The second-order valence-electron chi connectivity index (χ2n) is 5.26. The van der Waals surface area contributed by atoms with Gasteiger partial charge in [-0.25, -0.2) is 0 Å². The van der Waals surface area contributed by atoms with Crippen LogP contribution < -0.4 is 5.32 Å². The quantitative estimate of drug-likeness (QED) is 0.826. The highest BCUT2D eigenvalue weighted by molar-refractivity contribution is 5.96. The average Bonchev–Trinajstić information content (AvgIpc) is 3.12. The fourth-order valence-electron chi connectivity index (χ4n) is 2.20. The molecule has 0 bridgehead atoms. The Hall–Kier alpha value is -1.36. The Morgan fingerprint density at radius 2 is 2.22 bits per heavy atom. The van der Waals surface area contributed by atoms with Gasteiger partial charge in [0.1, 0.15) is 0 Å². The molecule has 1 unspecified atom stereocenters. The van der Waals surface area contributed by atoms with Crippen molar-refractivity contribution in [2.75, 3.05) is 13.6 Å². The number of amides is 1. The summed E-state index contributed by atoms with van der Waals surface area (Å²) in [6.07, 6.45) is 2.57. The van der Waals surface area contributed by atoms with E-state index >= 15 is 0 Å². The molecule has 5 heteroatoms. The van der Waals surface area contributed by atoms with Crippen molar-refractivity contribution in [3.05, 3.63) is 17.0 Å². The molecule has 1 aliphatic rings.